The van der Waals surface area contributed by atoms with Gasteiger partial charge in [-0.2, -0.15) is 0 Å². The fourth-order valence-electron chi connectivity index (χ4n) is 3.58. The monoisotopic (exact) mass is 326 g/mol. The molecule has 1 atom stereocenters. The van der Waals surface area contributed by atoms with Gasteiger partial charge in [-0.1, -0.05) is 42.5 Å². The molecule has 0 radical (unpaired) electrons. The van der Waals surface area contributed by atoms with Crippen LogP contribution in [0, 0.1) is 5.92 Å². The first kappa shape index (κ1) is 17.0. The molecule has 1 aliphatic carbocycles. The van der Waals surface area contributed by atoms with Crippen molar-refractivity contribution in [2.24, 2.45) is 10.9 Å². The van der Waals surface area contributed by atoms with Crippen LogP contribution < -0.4 is 10.6 Å². The van der Waals surface area contributed by atoms with Gasteiger partial charge >= 0.3 is 0 Å². The zero-order chi connectivity index (χ0) is 16.6. The van der Waals surface area contributed by atoms with Crippen LogP contribution in [0.25, 0.3) is 0 Å². The highest BCUT2D eigenvalue weighted by molar-refractivity contribution is 5.80. The summed E-state index contributed by atoms with van der Waals surface area (Å²) in [5.74, 6) is 1.67. The Bertz CT molecular complexity index is 544. The van der Waals surface area contributed by atoms with Gasteiger partial charge in [0.05, 0.1) is 0 Å². The number of hydrogen-bond donors (Lipinski definition) is 2. The summed E-state index contributed by atoms with van der Waals surface area (Å²) in [5.41, 5.74) is 1.44. The van der Waals surface area contributed by atoms with E-state index in [9.17, 15) is 0 Å². The number of likely N-dealkylation sites (tertiary alicyclic amines) is 1. The van der Waals surface area contributed by atoms with E-state index >= 15 is 0 Å². The number of nitrogens with zero attached hydrogens (tertiary/aromatic N) is 2. The Hall–Kier alpha value is -1.81. The first-order valence-corrected chi connectivity index (χ1v) is 9.22. The minimum absolute atomic E-state index is 0.516. The quantitative estimate of drug-likeness (QED) is 0.479. The highest BCUT2D eigenvalue weighted by atomic mass is 15.2. The minimum Gasteiger partial charge on any atom is -0.356 e. The van der Waals surface area contributed by atoms with E-state index in [1.807, 2.05) is 7.05 Å². The van der Waals surface area contributed by atoms with E-state index in [1.54, 1.807) is 0 Å². The van der Waals surface area contributed by atoms with Gasteiger partial charge in [-0.05, 0) is 43.7 Å². The van der Waals surface area contributed by atoms with Crippen molar-refractivity contribution in [2.45, 2.75) is 31.7 Å². The molecule has 1 aromatic rings. The second-order valence-electron chi connectivity index (χ2n) is 6.93. The van der Waals surface area contributed by atoms with Crippen molar-refractivity contribution < 1.29 is 0 Å². The number of guanidine groups is 1. The fraction of sp³-hybridized carbons (Fsp3) is 0.550. The Balaban J connectivity index is 1.35. The molecular formula is C20H30N4. The molecular weight excluding hydrogens is 296 g/mol. The molecule has 1 aliphatic heterocycles. The number of aliphatic imine (C=N–C) groups is 1. The second kappa shape index (κ2) is 8.88. The van der Waals surface area contributed by atoms with E-state index in [0.717, 1.165) is 37.7 Å². The molecule has 1 saturated heterocycles. The Kier molecular flexibility index (Phi) is 6.30. The molecule has 1 aromatic carbocycles. The highest BCUT2D eigenvalue weighted by Gasteiger charge is 2.22. The number of rotatable bonds is 6. The predicted molar refractivity (Wildman–Crippen MR) is 101 cm³/mol. The molecule has 0 spiro atoms. The van der Waals surface area contributed by atoms with Crippen LogP contribution in [-0.2, 0) is 6.42 Å². The van der Waals surface area contributed by atoms with Crippen LogP contribution in [0.1, 0.15) is 24.8 Å². The molecule has 2 aliphatic rings. The third-order valence-corrected chi connectivity index (χ3v) is 5.06. The van der Waals surface area contributed by atoms with Crippen molar-refractivity contribution in [1.82, 2.24) is 15.5 Å². The van der Waals surface area contributed by atoms with E-state index in [2.05, 4.69) is 63.0 Å². The van der Waals surface area contributed by atoms with Gasteiger partial charge in [0.15, 0.2) is 5.96 Å². The van der Waals surface area contributed by atoms with E-state index < -0.39 is 0 Å². The molecule has 130 valence electrons. The molecule has 1 fully saturated rings. The third kappa shape index (κ3) is 5.10. The predicted octanol–water partition coefficient (Wildman–Crippen LogP) is 2.43. The molecule has 0 aromatic heterocycles. The van der Waals surface area contributed by atoms with Crippen LogP contribution >= 0.6 is 0 Å². The van der Waals surface area contributed by atoms with Gasteiger partial charge in [0.25, 0.3) is 0 Å². The van der Waals surface area contributed by atoms with Crippen molar-refractivity contribution in [3.8, 4) is 0 Å². The molecule has 1 unspecified atom stereocenters. The molecule has 24 heavy (non-hydrogen) atoms. The van der Waals surface area contributed by atoms with E-state index in [1.165, 1.54) is 31.6 Å². The van der Waals surface area contributed by atoms with Gasteiger partial charge in [-0.3, -0.25) is 4.99 Å². The van der Waals surface area contributed by atoms with Gasteiger partial charge in [0.1, 0.15) is 0 Å². The lowest BCUT2D eigenvalue weighted by Gasteiger charge is -2.19. The van der Waals surface area contributed by atoms with Gasteiger partial charge in [-0.15, -0.1) is 0 Å². The average molecular weight is 326 g/mol. The normalized spacial score (nSPS) is 22.2. The van der Waals surface area contributed by atoms with Gasteiger partial charge in [0.2, 0.25) is 0 Å². The molecule has 0 amide bonds. The van der Waals surface area contributed by atoms with Crippen LogP contribution in [0.3, 0.4) is 0 Å². The Morgan fingerprint density at radius 1 is 1.21 bits per heavy atom. The largest absolute Gasteiger partial charge is 0.356 e. The summed E-state index contributed by atoms with van der Waals surface area (Å²) in [7, 11) is 1.86. The van der Waals surface area contributed by atoms with E-state index in [4.69, 9.17) is 0 Å². The fourth-order valence-corrected chi connectivity index (χ4v) is 3.58. The zero-order valence-electron chi connectivity index (χ0n) is 14.7. The van der Waals surface area contributed by atoms with Crippen molar-refractivity contribution in [3.05, 3.63) is 48.0 Å². The van der Waals surface area contributed by atoms with Crippen LogP contribution in [0.15, 0.2) is 47.5 Å². The number of benzene rings is 1. The lowest BCUT2D eigenvalue weighted by molar-refractivity contribution is 0.328. The maximum Gasteiger partial charge on any atom is 0.191 e. The van der Waals surface area contributed by atoms with Crippen molar-refractivity contribution in [1.29, 1.82) is 0 Å². The smallest absolute Gasteiger partial charge is 0.191 e. The van der Waals surface area contributed by atoms with Crippen LogP contribution in [-0.4, -0.2) is 50.1 Å². The van der Waals surface area contributed by atoms with Crippen LogP contribution in [0.5, 0.6) is 0 Å². The summed E-state index contributed by atoms with van der Waals surface area (Å²) in [5, 5.41) is 7.03. The summed E-state index contributed by atoms with van der Waals surface area (Å²) in [6, 6.07) is 11.3. The van der Waals surface area contributed by atoms with Gasteiger partial charge in [0, 0.05) is 32.7 Å². The molecule has 2 N–H and O–H groups in total. The standard InChI is InChI=1S/C20H30N4/c1-21-20(23-19-9-5-6-10-19)22-15-18-12-14-24(16-18)13-11-17-7-3-2-4-8-17/h2-8,18-19H,9-16H2,1H3,(H2,21,22,23). The number of nitrogens with one attached hydrogen (secondary N) is 2. The lowest BCUT2D eigenvalue weighted by Crippen LogP contribution is -2.44. The third-order valence-electron chi connectivity index (χ3n) is 5.06. The van der Waals surface area contributed by atoms with Gasteiger partial charge < -0.3 is 15.5 Å². The van der Waals surface area contributed by atoms with Gasteiger partial charge in [-0.25, -0.2) is 0 Å². The summed E-state index contributed by atoms with van der Waals surface area (Å²) in [6.45, 7) is 4.60. The minimum atomic E-state index is 0.516. The van der Waals surface area contributed by atoms with E-state index in [-0.39, 0.29) is 0 Å². The topological polar surface area (TPSA) is 39.7 Å². The lowest BCUT2D eigenvalue weighted by atomic mass is 10.1. The van der Waals surface area contributed by atoms with Crippen LogP contribution in [0.4, 0.5) is 0 Å². The first-order valence-electron chi connectivity index (χ1n) is 9.22. The highest BCUT2D eigenvalue weighted by Crippen LogP contribution is 2.16. The molecule has 4 nitrogen and oxygen atoms in total. The van der Waals surface area contributed by atoms with Crippen molar-refractivity contribution in [2.75, 3.05) is 33.2 Å². The molecule has 0 bridgehead atoms. The maximum atomic E-state index is 4.36. The molecule has 1 heterocycles. The summed E-state index contributed by atoms with van der Waals surface area (Å²) in [6.07, 6.45) is 9.14. The summed E-state index contributed by atoms with van der Waals surface area (Å²) >= 11 is 0. The Labute approximate surface area is 146 Å². The van der Waals surface area contributed by atoms with Crippen molar-refractivity contribution >= 4 is 5.96 Å². The molecule has 3 rings (SSSR count). The second-order valence-corrected chi connectivity index (χ2v) is 6.93. The van der Waals surface area contributed by atoms with Crippen LogP contribution in [0.2, 0.25) is 0 Å². The van der Waals surface area contributed by atoms with Crippen molar-refractivity contribution in [3.63, 3.8) is 0 Å². The Morgan fingerprint density at radius 3 is 2.75 bits per heavy atom. The summed E-state index contributed by atoms with van der Waals surface area (Å²) < 4.78 is 0. The molecule has 0 saturated carbocycles. The Morgan fingerprint density at radius 2 is 2.00 bits per heavy atom. The average Bonchev–Trinajstić information content (AvgIpc) is 3.29. The number of hydrogen-bond acceptors (Lipinski definition) is 2. The SMILES string of the molecule is CN=C(NCC1CCN(CCc2ccccc2)C1)NC1CC=CC1. The maximum absolute atomic E-state index is 4.36. The summed E-state index contributed by atoms with van der Waals surface area (Å²) in [4.78, 5) is 6.95. The molecule has 4 heteroatoms. The van der Waals surface area contributed by atoms with E-state index in [0.29, 0.717) is 6.04 Å². The zero-order valence-corrected chi connectivity index (χ0v) is 14.7. The first-order chi connectivity index (χ1) is 11.8.